The molecule has 2 heterocycles. The lowest BCUT2D eigenvalue weighted by molar-refractivity contribution is -0.117. The summed E-state index contributed by atoms with van der Waals surface area (Å²) >= 11 is 0. The van der Waals surface area contributed by atoms with Crippen molar-refractivity contribution < 1.29 is 13.2 Å². The first-order chi connectivity index (χ1) is 8.41. The van der Waals surface area contributed by atoms with Gasteiger partial charge in [0.2, 0.25) is 15.0 Å². The monoisotopic (exact) mass is 285 g/mol. The summed E-state index contributed by atoms with van der Waals surface area (Å²) in [5.74, 6) is -0.334. The van der Waals surface area contributed by atoms with Crippen molar-refractivity contribution in [1.82, 2.24) is 4.98 Å². The molecule has 1 atom stereocenters. The molecule has 0 N–H and O–H groups in total. The molecule has 1 aromatic rings. The Morgan fingerprint density at radius 1 is 1.56 bits per heavy atom. The Labute approximate surface area is 108 Å². The first-order valence-corrected chi connectivity index (χ1v) is 7.39. The quantitative estimate of drug-likeness (QED) is 0.743. The lowest BCUT2D eigenvalue weighted by atomic mass is 10.3. The van der Waals surface area contributed by atoms with Crippen LogP contribution in [0.5, 0.6) is 0 Å². The zero-order valence-corrected chi connectivity index (χ0v) is 10.6. The van der Waals surface area contributed by atoms with Crippen LogP contribution in [0, 0.1) is 11.3 Å². The molecule has 1 aliphatic heterocycles. The molecule has 8 heteroatoms. The first kappa shape index (κ1) is 12.8. The van der Waals surface area contributed by atoms with Gasteiger partial charge in [0.1, 0.15) is 17.0 Å². The van der Waals surface area contributed by atoms with E-state index in [0.717, 1.165) is 0 Å². The average Bonchev–Trinajstić information content (AvgIpc) is 2.71. The van der Waals surface area contributed by atoms with Gasteiger partial charge in [-0.1, -0.05) is 0 Å². The molecule has 1 aromatic heterocycles. The summed E-state index contributed by atoms with van der Waals surface area (Å²) in [5.41, 5.74) is 0.617. The van der Waals surface area contributed by atoms with E-state index in [1.54, 1.807) is 6.07 Å². The number of nitrogens with zero attached hydrogens (tertiary/aromatic N) is 3. The molecule has 0 bridgehead atoms. The van der Waals surface area contributed by atoms with Gasteiger partial charge in [0.15, 0.2) is 0 Å². The second-order valence-corrected chi connectivity index (χ2v) is 6.73. The molecule has 0 aromatic carbocycles. The van der Waals surface area contributed by atoms with Gasteiger partial charge >= 0.3 is 0 Å². The summed E-state index contributed by atoms with van der Waals surface area (Å²) in [6, 6.07) is 4.83. The highest BCUT2D eigenvalue weighted by Crippen LogP contribution is 2.26. The fourth-order valence-corrected chi connectivity index (χ4v) is 2.79. The van der Waals surface area contributed by atoms with Gasteiger partial charge in [-0.05, 0) is 12.1 Å². The zero-order valence-electron chi connectivity index (χ0n) is 9.08. The van der Waals surface area contributed by atoms with Crippen LogP contribution in [0.15, 0.2) is 18.3 Å². The molecule has 2 rings (SSSR count). The van der Waals surface area contributed by atoms with Gasteiger partial charge in [-0.2, -0.15) is 5.26 Å². The summed E-state index contributed by atoms with van der Waals surface area (Å²) in [6.07, 6.45) is 1.25. The first-order valence-electron chi connectivity index (χ1n) is 5.02. The van der Waals surface area contributed by atoms with Crippen molar-refractivity contribution in [3.63, 3.8) is 0 Å². The predicted molar refractivity (Wildman–Crippen MR) is 64.5 cm³/mol. The van der Waals surface area contributed by atoms with Crippen molar-refractivity contribution in [2.45, 2.75) is 11.7 Å². The minimum atomic E-state index is -3.76. The number of anilines is 1. The molecule has 18 heavy (non-hydrogen) atoms. The minimum absolute atomic E-state index is 0.000448. The normalized spacial score (nSPS) is 19.9. The number of hydrogen-bond acceptors (Lipinski definition) is 5. The average molecular weight is 286 g/mol. The highest BCUT2D eigenvalue weighted by molar-refractivity contribution is 8.14. The van der Waals surface area contributed by atoms with Gasteiger partial charge in [-0.15, -0.1) is 0 Å². The van der Waals surface area contributed by atoms with Crippen LogP contribution in [-0.2, 0) is 13.8 Å². The third-order valence-electron chi connectivity index (χ3n) is 2.66. The molecule has 1 aliphatic rings. The lowest BCUT2D eigenvalue weighted by Gasteiger charge is -2.15. The van der Waals surface area contributed by atoms with Crippen molar-refractivity contribution in [3.05, 3.63) is 24.0 Å². The van der Waals surface area contributed by atoms with Gasteiger partial charge in [0.05, 0.1) is 0 Å². The Balaban J connectivity index is 2.30. The molecule has 1 fully saturated rings. The summed E-state index contributed by atoms with van der Waals surface area (Å²) in [4.78, 5) is 16.8. The van der Waals surface area contributed by atoms with E-state index in [2.05, 4.69) is 4.98 Å². The van der Waals surface area contributed by atoms with Crippen LogP contribution < -0.4 is 4.90 Å². The van der Waals surface area contributed by atoms with E-state index in [4.69, 9.17) is 15.9 Å². The summed E-state index contributed by atoms with van der Waals surface area (Å²) in [6.45, 7) is -0.000448. The van der Waals surface area contributed by atoms with E-state index >= 15 is 0 Å². The molecule has 6 nitrogen and oxygen atoms in total. The number of amides is 1. The molecule has 1 unspecified atom stereocenters. The third-order valence-corrected chi connectivity index (χ3v) is 4.53. The Kier molecular flexibility index (Phi) is 3.24. The molecule has 94 valence electrons. The summed E-state index contributed by atoms with van der Waals surface area (Å²) in [7, 11) is 1.48. The fourth-order valence-electron chi connectivity index (χ4n) is 1.76. The maximum absolute atomic E-state index is 11.7. The SMILES string of the molecule is N#Cc1cc(N2CC(S(=O)(=O)Cl)CC2=O)ccn1. The van der Waals surface area contributed by atoms with Crippen LogP contribution >= 0.6 is 10.7 Å². The fraction of sp³-hybridized carbons (Fsp3) is 0.300. The molecular formula is C10H8ClN3O3S. The third kappa shape index (κ3) is 2.44. The second kappa shape index (κ2) is 4.55. The van der Waals surface area contributed by atoms with Crippen molar-refractivity contribution in [2.75, 3.05) is 11.4 Å². The predicted octanol–water partition coefficient (Wildman–Crippen LogP) is 0.627. The maximum Gasteiger partial charge on any atom is 0.237 e. The summed E-state index contributed by atoms with van der Waals surface area (Å²) < 4.78 is 22.4. The Morgan fingerprint density at radius 2 is 2.28 bits per heavy atom. The van der Waals surface area contributed by atoms with Crippen molar-refractivity contribution in [1.29, 1.82) is 5.26 Å². The number of nitriles is 1. The minimum Gasteiger partial charge on any atom is -0.311 e. The Morgan fingerprint density at radius 3 is 2.83 bits per heavy atom. The van der Waals surface area contributed by atoms with Gasteiger partial charge < -0.3 is 4.90 Å². The molecule has 1 saturated heterocycles. The number of carbonyl (C=O) groups is 1. The zero-order chi connectivity index (χ0) is 13.3. The van der Waals surface area contributed by atoms with Crippen LogP contribution in [0.4, 0.5) is 5.69 Å². The Bertz CT molecular complexity index is 638. The van der Waals surface area contributed by atoms with Crippen molar-refractivity contribution in [3.8, 4) is 6.07 Å². The number of aromatic nitrogens is 1. The van der Waals surface area contributed by atoms with E-state index in [1.807, 2.05) is 6.07 Å². The molecule has 0 saturated carbocycles. The smallest absolute Gasteiger partial charge is 0.237 e. The van der Waals surface area contributed by atoms with Gasteiger partial charge in [0.25, 0.3) is 0 Å². The topological polar surface area (TPSA) is 91.1 Å². The van der Waals surface area contributed by atoms with Crippen molar-refractivity contribution in [2.24, 2.45) is 0 Å². The van der Waals surface area contributed by atoms with E-state index in [9.17, 15) is 13.2 Å². The molecule has 0 radical (unpaired) electrons. The van der Waals surface area contributed by atoms with Crippen LogP contribution in [0.25, 0.3) is 0 Å². The number of pyridine rings is 1. The Hall–Kier alpha value is -1.65. The van der Waals surface area contributed by atoms with Gasteiger partial charge in [-0.3, -0.25) is 4.79 Å². The molecular weight excluding hydrogens is 278 g/mol. The largest absolute Gasteiger partial charge is 0.311 e. The van der Waals surface area contributed by atoms with E-state index in [-0.39, 0.29) is 24.6 Å². The van der Waals surface area contributed by atoms with Crippen LogP contribution in [0.1, 0.15) is 12.1 Å². The molecule has 0 spiro atoms. The molecule has 1 amide bonds. The van der Waals surface area contributed by atoms with E-state index in [1.165, 1.54) is 17.2 Å². The highest BCUT2D eigenvalue weighted by atomic mass is 35.7. The van der Waals surface area contributed by atoms with E-state index < -0.39 is 14.3 Å². The number of hydrogen-bond donors (Lipinski definition) is 0. The van der Waals surface area contributed by atoms with Crippen molar-refractivity contribution >= 4 is 31.3 Å². The van der Waals surface area contributed by atoms with Crippen LogP contribution in [-0.4, -0.2) is 31.1 Å². The standard InChI is InChI=1S/C10H8ClN3O3S/c11-18(16,17)9-4-10(15)14(6-9)8-1-2-13-7(3-8)5-12/h1-3,9H,4,6H2. The molecule has 0 aliphatic carbocycles. The van der Waals surface area contributed by atoms with Gasteiger partial charge in [0, 0.05) is 35.5 Å². The second-order valence-electron chi connectivity index (χ2n) is 3.82. The maximum atomic E-state index is 11.7. The van der Waals surface area contributed by atoms with E-state index in [0.29, 0.717) is 5.69 Å². The summed E-state index contributed by atoms with van der Waals surface area (Å²) in [5, 5.41) is 7.81. The number of carbonyl (C=O) groups excluding carboxylic acids is 1. The number of rotatable bonds is 2. The lowest BCUT2D eigenvalue weighted by Crippen LogP contribution is -2.26. The highest BCUT2D eigenvalue weighted by Gasteiger charge is 2.38. The van der Waals surface area contributed by atoms with Crippen LogP contribution in [0.2, 0.25) is 0 Å². The number of halogens is 1. The van der Waals surface area contributed by atoms with Gasteiger partial charge in [-0.25, -0.2) is 13.4 Å². The van der Waals surface area contributed by atoms with Crippen LogP contribution in [0.3, 0.4) is 0 Å².